The molecule has 0 heterocycles. The fraction of sp³-hybridized carbons (Fsp3) is 0.960. The van der Waals surface area contributed by atoms with E-state index < -0.39 is 0 Å². The molecule has 0 rings (SSSR count). The number of unbranched alkanes of at least 4 members (excludes halogenated alkanes) is 23. The zero-order valence-electron chi connectivity index (χ0n) is 38.7. The lowest BCUT2D eigenvalue weighted by atomic mass is 9.94. The molecule has 6 heteroatoms. The number of hydrogen-bond acceptors (Lipinski definition) is 6. The van der Waals surface area contributed by atoms with Crippen molar-refractivity contribution >= 4 is 11.9 Å². The summed E-state index contributed by atoms with van der Waals surface area (Å²) in [5, 5.41) is 0. The van der Waals surface area contributed by atoms with Crippen LogP contribution < -0.4 is 5.73 Å². The molecule has 0 spiro atoms. The maximum absolute atomic E-state index is 13.1. The highest BCUT2D eigenvalue weighted by molar-refractivity contribution is 5.72. The summed E-state index contributed by atoms with van der Waals surface area (Å²) in [6.45, 7) is 15.7. The molecular weight excluding hydrogens is 693 g/mol. The third kappa shape index (κ3) is 36.0. The molecule has 0 saturated carbocycles. The van der Waals surface area contributed by atoms with E-state index in [1.54, 1.807) is 0 Å². The first-order chi connectivity index (χ1) is 27.4. The topological polar surface area (TPSA) is 81.9 Å². The molecule has 0 fully saturated rings. The summed E-state index contributed by atoms with van der Waals surface area (Å²) in [5.41, 5.74) is 6.31. The van der Waals surface area contributed by atoms with Gasteiger partial charge in [-0.25, -0.2) is 0 Å². The smallest absolute Gasteiger partial charge is 0.308 e. The molecule has 56 heavy (non-hydrogen) atoms. The lowest BCUT2D eigenvalue weighted by molar-refractivity contribution is -0.150. The largest absolute Gasteiger partial charge is 0.465 e. The summed E-state index contributed by atoms with van der Waals surface area (Å²) in [4.78, 5) is 28.7. The Balaban J connectivity index is 4.47. The van der Waals surface area contributed by atoms with E-state index in [0.29, 0.717) is 13.2 Å². The molecule has 2 N–H and O–H groups in total. The molecule has 0 aliphatic heterocycles. The first-order valence-electron chi connectivity index (χ1n) is 25.2. The summed E-state index contributed by atoms with van der Waals surface area (Å²) in [6, 6.07) is 0.277. The van der Waals surface area contributed by atoms with Crippen LogP contribution >= 0.6 is 0 Å². The van der Waals surface area contributed by atoms with Crippen LogP contribution in [0.25, 0.3) is 0 Å². The van der Waals surface area contributed by atoms with Crippen LogP contribution in [0.5, 0.6) is 0 Å². The molecule has 0 aromatic heterocycles. The minimum Gasteiger partial charge on any atom is -0.465 e. The van der Waals surface area contributed by atoms with Gasteiger partial charge in [-0.2, -0.15) is 0 Å². The number of hydrogen-bond donors (Lipinski definition) is 1. The Labute approximate surface area is 350 Å². The highest BCUT2D eigenvalue weighted by Gasteiger charge is 2.20. The zero-order valence-corrected chi connectivity index (χ0v) is 38.7. The third-order valence-electron chi connectivity index (χ3n) is 12.1. The van der Waals surface area contributed by atoms with Gasteiger partial charge in [0.1, 0.15) is 0 Å². The lowest BCUT2D eigenvalue weighted by Crippen LogP contribution is -2.32. The Hall–Kier alpha value is -1.14. The fourth-order valence-electron chi connectivity index (χ4n) is 7.97. The standard InChI is InChI=1S/C50H100N2O4/c1-6-11-15-19-22-30-38-46(36-28-18-14-9-4)49(53)55-44-34-26-24-32-41-52(43-40-48(51)10-5)42-33-25-27-35-45-56-50(54)47(37-29-21-17-13-8-3)39-31-23-20-16-12-7-2/h46-48H,6-45,51H2,1-5H3. The van der Waals surface area contributed by atoms with Crippen molar-refractivity contribution in [3.8, 4) is 0 Å². The van der Waals surface area contributed by atoms with Crippen molar-refractivity contribution in [1.29, 1.82) is 0 Å². The van der Waals surface area contributed by atoms with E-state index in [1.807, 2.05) is 0 Å². The van der Waals surface area contributed by atoms with Crippen LogP contribution in [0.15, 0.2) is 0 Å². The van der Waals surface area contributed by atoms with Crippen LogP contribution in [0.4, 0.5) is 0 Å². The first-order valence-corrected chi connectivity index (χ1v) is 25.2. The number of rotatable bonds is 45. The molecule has 0 aliphatic carbocycles. The molecule has 6 nitrogen and oxygen atoms in total. The van der Waals surface area contributed by atoms with E-state index in [1.165, 1.54) is 135 Å². The van der Waals surface area contributed by atoms with Crippen LogP contribution in [0, 0.1) is 11.8 Å². The maximum atomic E-state index is 13.1. The minimum atomic E-state index is 0.0625. The van der Waals surface area contributed by atoms with Crippen molar-refractivity contribution < 1.29 is 19.1 Å². The number of carbonyl (C=O) groups excluding carboxylic acids is 2. The lowest BCUT2D eigenvalue weighted by Gasteiger charge is -2.24. The van der Waals surface area contributed by atoms with Crippen molar-refractivity contribution in [2.45, 2.75) is 265 Å². The molecule has 0 aromatic rings. The Kier molecular flexibility index (Phi) is 42.6. The molecule has 0 aromatic carbocycles. The van der Waals surface area contributed by atoms with Gasteiger partial charge in [0.2, 0.25) is 0 Å². The zero-order chi connectivity index (χ0) is 41.2. The second-order valence-electron chi connectivity index (χ2n) is 17.5. The van der Waals surface area contributed by atoms with Gasteiger partial charge in [0.05, 0.1) is 25.0 Å². The number of ether oxygens (including phenoxy) is 2. The predicted octanol–water partition coefficient (Wildman–Crippen LogP) is 14.7. The van der Waals surface area contributed by atoms with E-state index >= 15 is 0 Å². The van der Waals surface area contributed by atoms with Gasteiger partial charge >= 0.3 is 11.9 Å². The van der Waals surface area contributed by atoms with Crippen LogP contribution in [-0.2, 0) is 19.1 Å². The minimum absolute atomic E-state index is 0.0625. The Morgan fingerprint density at radius 1 is 0.393 bits per heavy atom. The molecular formula is C50H100N2O4. The van der Waals surface area contributed by atoms with Crippen LogP contribution in [-0.4, -0.2) is 55.7 Å². The number of esters is 2. The summed E-state index contributed by atoms with van der Waals surface area (Å²) < 4.78 is 11.7. The van der Waals surface area contributed by atoms with E-state index in [0.717, 1.165) is 110 Å². The number of carbonyl (C=O) groups is 2. The Morgan fingerprint density at radius 3 is 1.05 bits per heavy atom. The van der Waals surface area contributed by atoms with Crippen LogP contribution in [0.2, 0.25) is 0 Å². The highest BCUT2D eigenvalue weighted by atomic mass is 16.5. The van der Waals surface area contributed by atoms with Crippen LogP contribution in [0.3, 0.4) is 0 Å². The number of nitrogens with zero attached hydrogens (tertiary/aromatic N) is 1. The molecule has 0 radical (unpaired) electrons. The summed E-state index contributed by atoms with van der Waals surface area (Å²) >= 11 is 0. The van der Waals surface area contributed by atoms with Gasteiger partial charge in [-0.15, -0.1) is 0 Å². The normalized spacial score (nSPS) is 13.3. The van der Waals surface area contributed by atoms with E-state index in [-0.39, 0.29) is 29.8 Å². The quantitative estimate of drug-likeness (QED) is 0.0488. The first kappa shape index (κ1) is 54.9. The summed E-state index contributed by atoms with van der Waals surface area (Å²) in [7, 11) is 0. The van der Waals surface area contributed by atoms with Gasteiger partial charge in [0.25, 0.3) is 0 Å². The van der Waals surface area contributed by atoms with E-state index in [4.69, 9.17) is 15.2 Å². The molecule has 0 aliphatic rings. The second kappa shape index (κ2) is 43.4. The maximum Gasteiger partial charge on any atom is 0.308 e. The number of nitrogens with two attached hydrogens (primary N) is 1. The fourth-order valence-corrected chi connectivity index (χ4v) is 7.97. The van der Waals surface area contributed by atoms with Gasteiger partial charge in [0.15, 0.2) is 0 Å². The van der Waals surface area contributed by atoms with Crippen molar-refractivity contribution in [2.75, 3.05) is 32.8 Å². The Morgan fingerprint density at radius 2 is 0.696 bits per heavy atom. The molecule has 3 atom stereocenters. The molecule has 0 bridgehead atoms. The average Bonchev–Trinajstić information content (AvgIpc) is 3.20. The molecule has 0 amide bonds. The van der Waals surface area contributed by atoms with Crippen molar-refractivity contribution in [2.24, 2.45) is 17.6 Å². The SMILES string of the molecule is CCCCCCCCC(CCCCCC)C(=O)OCCCCCCN(CCCCCCOC(=O)C(CCCCCCC)CCCCCCCC)CCC(N)CC. The van der Waals surface area contributed by atoms with Crippen molar-refractivity contribution in [3.05, 3.63) is 0 Å². The molecule has 0 saturated heterocycles. The summed E-state index contributed by atoms with van der Waals surface area (Å²) in [6.07, 6.45) is 41.4. The third-order valence-corrected chi connectivity index (χ3v) is 12.1. The van der Waals surface area contributed by atoms with Gasteiger partial charge in [0, 0.05) is 6.04 Å². The van der Waals surface area contributed by atoms with Crippen molar-refractivity contribution in [1.82, 2.24) is 4.90 Å². The second-order valence-corrected chi connectivity index (χ2v) is 17.5. The predicted molar refractivity (Wildman–Crippen MR) is 243 cm³/mol. The monoisotopic (exact) mass is 793 g/mol. The van der Waals surface area contributed by atoms with Gasteiger partial charge < -0.3 is 20.1 Å². The molecule has 3 unspecified atom stereocenters. The molecule has 334 valence electrons. The van der Waals surface area contributed by atoms with Crippen LogP contribution in [0.1, 0.15) is 259 Å². The van der Waals surface area contributed by atoms with Crippen molar-refractivity contribution in [3.63, 3.8) is 0 Å². The summed E-state index contributed by atoms with van der Waals surface area (Å²) in [5.74, 6) is 0.319. The Bertz CT molecular complexity index is 823. The van der Waals surface area contributed by atoms with E-state index in [2.05, 4.69) is 39.5 Å². The highest BCUT2D eigenvalue weighted by Crippen LogP contribution is 2.22. The average molecular weight is 793 g/mol. The van der Waals surface area contributed by atoms with Gasteiger partial charge in [-0.3, -0.25) is 9.59 Å². The van der Waals surface area contributed by atoms with E-state index in [9.17, 15) is 9.59 Å². The van der Waals surface area contributed by atoms with Gasteiger partial charge in [-0.1, -0.05) is 195 Å². The van der Waals surface area contributed by atoms with Gasteiger partial charge in [-0.05, 0) is 83.8 Å².